The molecule has 0 aliphatic heterocycles. The van der Waals surface area contributed by atoms with Gasteiger partial charge in [-0.25, -0.2) is 13.1 Å². The maximum absolute atomic E-state index is 12.2. The van der Waals surface area contributed by atoms with Gasteiger partial charge >= 0.3 is 0 Å². The zero-order valence-electron chi connectivity index (χ0n) is 10.6. The van der Waals surface area contributed by atoms with Crippen LogP contribution in [0.2, 0.25) is 0 Å². The van der Waals surface area contributed by atoms with Crippen LogP contribution in [0.5, 0.6) is 0 Å². The number of hydrogen-bond donors (Lipinski definition) is 2. The topological polar surface area (TPSA) is 72.2 Å². The Morgan fingerprint density at radius 1 is 1.33 bits per heavy atom. The number of sulfonamides is 1. The second-order valence-corrected chi connectivity index (χ2v) is 6.95. The predicted molar refractivity (Wildman–Crippen MR) is 73.6 cm³/mol. The lowest BCUT2D eigenvalue weighted by Gasteiger charge is -2.18. The second kappa shape index (κ2) is 5.28. The quantitative estimate of drug-likeness (QED) is 0.822. The van der Waals surface area contributed by atoms with E-state index in [-0.39, 0.29) is 11.3 Å². The molecule has 18 heavy (non-hydrogen) atoms. The van der Waals surface area contributed by atoms with Crippen molar-refractivity contribution in [1.82, 2.24) is 4.72 Å². The standard InChI is InChI=1S/C13H20N2O2S/c1-10(11-5-4-6-12(14)9-11)15-18(16,17)13-7-2-3-8-13/h4-6,9-10,13,15H,2-3,7-8,14H2,1H3. The van der Waals surface area contributed by atoms with Gasteiger partial charge in [0.2, 0.25) is 10.0 Å². The Kier molecular flexibility index (Phi) is 3.92. The van der Waals surface area contributed by atoms with Crippen LogP contribution in [-0.4, -0.2) is 13.7 Å². The molecule has 4 nitrogen and oxygen atoms in total. The van der Waals surface area contributed by atoms with E-state index >= 15 is 0 Å². The Balaban J connectivity index is 2.09. The first kappa shape index (κ1) is 13.4. The summed E-state index contributed by atoms with van der Waals surface area (Å²) in [6.07, 6.45) is 3.58. The van der Waals surface area contributed by atoms with Crippen LogP contribution >= 0.6 is 0 Å². The maximum Gasteiger partial charge on any atom is 0.215 e. The monoisotopic (exact) mass is 268 g/mol. The van der Waals surface area contributed by atoms with Crippen molar-refractivity contribution in [3.8, 4) is 0 Å². The zero-order chi connectivity index (χ0) is 13.2. The highest BCUT2D eigenvalue weighted by atomic mass is 32.2. The van der Waals surface area contributed by atoms with Crippen LogP contribution in [0.1, 0.15) is 44.2 Å². The lowest BCUT2D eigenvalue weighted by atomic mass is 10.1. The summed E-state index contributed by atoms with van der Waals surface area (Å²) in [5.41, 5.74) is 7.26. The van der Waals surface area contributed by atoms with Gasteiger partial charge in [0.05, 0.1) is 5.25 Å². The minimum absolute atomic E-state index is 0.221. The molecule has 1 aliphatic rings. The summed E-state index contributed by atoms with van der Waals surface area (Å²) in [5, 5.41) is -0.221. The first-order valence-electron chi connectivity index (χ1n) is 6.35. The van der Waals surface area contributed by atoms with Gasteiger partial charge in [0, 0.05) is 11.7 Å². The van der Waals surface area contributed by atoms with Gasteiger partial charge in [-0.3, -0.25) is 0 Å². The molecule has 0 heterocycles. The molecule has 1 fully saturated rings. The molecule has 1 atom stereocenters. The van der Waals surface area contributed by atoms with E-state index in [9.17, 15) is 8.42 Å². The number of anilines is 1. The predicted octanol–water partition coefficient (Wildman–Crippen LogP) is 2.19. The molecule has 0 saturated heterocycles. The third-order valence-electron chi connectivity index (χ3n) is 3.49. The number of rotatable bonds is 4. The van der Waals surface area contributed by atoms with Crippen molar-refractivity contribution in [1.29, 1.82) is 0 Å². The number of nitrogen functional groups attached to an aromatic ring is 1. The molecule has 0 radical (unpaired) electrons. The van der Waals surface area contributed by atoms with Crippen molar-refractivity contribution in [2.45, 2.75) is 43.9 Å². The van der Waals surface area contributed by atoms with Gasteiger partial charge in [-0.15, -0.1) is 0 Å². The van der Waals surface area contributed by atoms with Crippen molar-refractivity contribution >= 4 is 15.7 Å². The number of hydrogen-bond acceptors (Lipinski definition) is 3. The second-order valence-electron chi connectivity index (χ2n) is 4.96. The van der Waals surface area contributed by atoms with Gasteiger partial charge < -0.3 is 5.73 Å². The van der Waals surface area contributed by atoms with Crippen LogP contribution in [0, 0.1) is 0 Å². The molecular weight excluding hydrogens is 248 g/mol. The summed E-state index contributed by atoms with van der Waals surface area (Å²) in [7, 11) is -3.21. The molecule has 0 aromatic heterocycles. The third-order valence-corrected chi connectivity index (χ3v) is 5.52. The summed E-state index contributed by atoms with van der Waals surface area (Å²) in [6, 6.07) is 7.09. The molecule has 1 aromatic carbocycles. The summed E-state index contributed by atoms with van der Waals surface area (Å²) in [5.74, 6) is 0. The van der Waals surface area contributed by atoms with Crippen molar-refractivity contribution in [3.63, 3.8) is 0 Å². The number of nitrogens with one attached hydrogen (secondary N) is 1. The van der Waals surface area contributed by atoms with Crippen molar-refractivity contribution in [2.24, 2.45) is 0 Å². The average Bonchev–Trinajstić information content (AvgIpc) is 2.82. The molecule has 1 aromatic rings. The third kappa shape index (κ3) is 3.03. The minimum Gasteiger partial charge on any atom is -0.399 e. The molecule has 5 heteroatoms. The average molecular weight is 268 g/mol. The lowest BCUT2D eigenvalue weighted by molar-refractivity contribution is 0.550. The Morgan fingerprint density at radius 2 is 2.00 bits per heavy atom. The van der Waals surface area contributed by atoms with Gasteiger partial charge in [0.25, 0.3) is 0 Å². The first-order chi connectivity index (χ1) is 8.49. The Bertz CT molecular complexity index is 507. The van der Waals surface area contributed by atoms with Crippen LogP contribution < -0.4 is 10.5 Å². The summed E-state index contributed by atoms with van der Waals surface area (Å²) < 4.78 is 27.1. The highest BCUT2D eigenvalue weighted by Gasteiger charge is 2.29. The van der Waals surface area contributed by atoms with Crippen molar-refractivity contribution < 1.29 is 8.42 Å². The smallest absolute Gasteiger partial charge is 0.215 e. The fourth-order valence-electron chi connectivity index (χ4n) is 2.44. The summed E-state index contributed by atoms with van der Waals surface area (Å²) in [6.45, 7) is 1.85. The van der Waals surface area contributed by atoms with Crippen LogP contribution in [0.3, 0.4) is 0 Å². The zero-order valence-corrected chi connectivity index (χ0v) is 11.4. The highest BCUT2D eigenvalue weighted by Crippen LogP contribution is 2.26. The van der Waals surface area contributed by atoms with E-state index in [1.54, 1.807) is 6.07 Å². The Hall–Kier alpha value is -1.07. The van der Waals surface area contributed by atoms with Gasteiger partial charge in [-0.1, -0.05) is 25.0 Å². The van der Waals surface area contributed by atoms with E-state index in [1.807, 2.05) is 25.1 Å². The van der Waals surface area contributed by atoms with Crippen molar-refractivity contribution in [2.75, 3.05) is 5.73 Å². The maximum atomic E-state index is 12.2. The molecule has 0 amide bonds. The molecule has 0 bridgehead atoms. The highest BCUT2D eigenvalue weighted by molar-refractivity contribution is 7.90. The van der Waals surface area contributed by atoms with Gasteiger partial charge in [-0.2, -0.15) is 0 Å². The van der Waals surface area contributed by atoms with E-state index in [0.717, 1.165) is 31.2 Å². The largest absolute Gasteiger partial charge is 0.399 e. The molecular formula is C13H20N2O2S. The first-order valence-corrected chi connectivity index (χ1v) is 7.90. The lowest BCUT2D eigenvalue weighted by Crippen LogP contribution is -2.34. The Morgan fingerprint density at radius 3 is 2.61 bits per heavy atom. The van der Waals surface area contributed by atoms with Crippen LogP contribution in [0.4, 0.5) is 5.69 Å². The van der Waals surface area contributed by atoms with Gasteiger partial charge in [-0.05, 0) is 37.5 Å². The van der Waals surface area contributed by atoms with E-state index in [1.165, 1.54) is 0 Å². The van der Waals surface area contributed by atoms with E-state index in [0.29, 0.717) is 5.69 Å². The Labute approximate surface area is 109 Å². The fraction of sp³-hybridized carbons (Fsp3) is 0.538. The van der Waals surface area contributed by atoms with E-state index in [4.69, 9.17) is 5.73 Å². The van der Waals surface area contributed by atoms with Gasteiger partial charge in [0.1, 0.15) is 0 Å². The van der Waals surface area contributed by atoms with E-state index < -0.39 is 10.0 Å². The van der Waals surface area contributed by atoms with E-state index in [2.05, 4.69) is 4.72 Å². The molecule has 0 spiro atoms. The molecule has 1 saturated carbocycles. The van der Waals surface area contributed by atoms with Crippen LogP contribution in [-0.2, 0) is 10.0 Å². The number of benzene rings is 1. The molecule has 1 aliphatic carbocycles. The number of nitrogens with two attached hydrogens (primary N) is 1. The van der Waals surface area contributed by atoms with Gasteiger partial charge in [0.15, 0.2) is 0 Å². The van der Waals surface area contributed by atoms with Crippen LogP contribution in [0.25, 0.3) is 0 Å². The van der Waals surface area contributed by atoms with Crippen LogP contribution in [0.15, 0.2) is 24.3 Å². The molecule has 2 rings (SSSR count). The molecule has 100 valence electrons. The SMILES string of the molecule is CC(NS(=O)(=O)C1CCCC1)c1cccc(N)c1. The normalized spacial score (nSPS) is 18.9. The fourth-order valence-corrected chi connectivity index (χ4v) is 4.21. The van der Waals surface area contributed by atoms with Crippen molar-refractivity contribution in [3.05, 3.63) is 29.8 Å². The molecule has 1 unspecified atom stereocenters. The molecule has 3 N–H and O–H groups in total. The minimum atomic E-state index is -3.21. The summed E-state index contributed by atoms with van der Waals surface area (Å²) in [4.78, 5) is 0. The summed E-state index contributed by atoms with van der Waals surface area (Å²) >= 11 is 0.